The van der Waals surface area contributed by atoms with Gasteiger partial charge in [0.1, 0.15) is 0 Å². The second-order valence-electron chi connectivity index (χ2n) is 1.15. The zero-order chi connectivity index (χ0) is 6.57. The van der Waals surface area contributed by atoms with Crippen molar-refractivity contribution in [3.05, 3.63) is 0 Å². The van der Waals surface area contributed by atoms with Crippen molar-refractivity contribution in [2.75, 3.05) is 0 Å². The number of hydrogen-bond acceptors (Lipinski definition) is 4. The van der Waals surface area contributed by atoms with Gasteiger partial charge in [0.25, 0.3) is 0 Å². The van der Waals surface area contributed by atoms with Crippen LogP contribution >= 0.6 is 0 Å². The summed E-state index contributed by atoms with van der Waals surface area (Å²) in [6, 6.07) is 0. The van der Waals surface area contributed by atoms with Gasteiger partial charge in [-0.1, -0.05) is 0 Å². The maximum atomic E-state index is 9.85. The van der Waals surface area contributed by atoms with Gasteiger partial charge >= 0.3 is 11.9 Å². The molecule has 0 aliphatic carbocycles. The summed E-state index contributed by atoms with van der Waals surface area (Å²) in [6.07, 6.45) is 0. The van der Waals surface area contributed by atoms with Crippen LogP contribution in [0.3, 0.4) is 0 Å². The molecule has 0 aromatic rings. The van der Waals surface area contributed by atoms with E-state index in [1.165, 1.54) is 0 Å². The summed E-state index contributed by atoms with van der Waals surface area (Å²) in [6.45, 7) is 2.28. The first-order valence-electron chi connectivity index (χ1n) is 1.98. The zero-order valence-corrected chi connectivity index (χ0v) is 6.61. The Labute approximate surface area is 65.2 Å². The van der Waals surface area contributed by atoms with Gasteiger partial charge in [-0.3, -0.25) is 0 Å². The Morgan fingerprint density at radius 3 is 1.33 bits per heavy atom. The molecule has 0 rings (SSSR count). The van der Waals surface area contributed by atoms with Gasteiger partial charge in [0, 0.05) is 33.3 Å². The van der Waals surface area contributed by atoms with Crippen LogP contribution in [0.15, 0.2) is 0 Å². The second kappa shape index (κ2) is 5.70. The molecule has 0 aliphatic rings. The Balaban J connectivity index is 0. The molecule has 0 saturated carbocycles. The molecule has 0 atom stereocenters. The Bertz CT molecular complexity index is 97.1. The standard InChI is InChI=1S/C4H6O4.Rh/c1-3(5)7-8-4(2)6;/h1-2H3;. The fraction of sp³-hybridized carbons (Fsp3) is 0.500. The van der Waals surface area contributed by atoms with E-state index in [4.69, 9.17) is 0 Å². The van der Waals surface area contributed by atoms with Crippen molar-refractivity contribution in [2.45, 2.75) is 13.8 Å². The minimum Gasteiger partial charge on any atom is -0.248 e. The molecule has 5 heteroatoms. The predicted octanol–water partition coefficient (Wildman–Crippen LogP) is 0.0251. The average Bonchev–Trinajstić information content (AvgIpc) is 1.61. The van der Waals surface area contributed by atoms with Gasteiger partial charge in [-0.2, -0.15) is 0 Å². The Morgan fingerprint density at radius 2 is 1.22 bits per heavy atom. The molecule has 0 aromatic carbocycles. The predicted molar refractivity (Wildman–Crippen MR) is 23.5 cm³/mol. The van der Waals surface area contributed by atoms with E-state index in [-0.39, 0.29) is 19.5 Å². The fourth-order valence-electron chi connectivity index (χ4n) is 0.117. The summed E-state index contributed by atoms with van der Waals surface area (Å²) in [4.78, 5) is 27.3. The third kappa shape index (κ3) is 11.2. The molecule has 0 amide bonds. The smallest absolute Gasteiger partial charge is 0.248 e. The van der Waals surface area contributed by atoms with Crippen molar-refractivity contribution < 1.29 is 38.8 Å². The molecule has 4 nitrogen and oxygen atoms in total. The molecule has 0 bridgehead atoms. The van der Waals surface area contributed by atoms with Crippen molar-refractivity contribution in [1.29, 1.82) is 0 Å². The summed E-state index contributed by atoms with van der Waals surface area (Å²) in [5.41, 5.74) is 0. The molecular formula is C4H6O4Rh. The van der Waals surface area contributed by atoms with Gasteiger partial charge in [-0.15, -0.1) is 0 Å². The van der Waals surface area contributed by atoms with E-state index < -0.39 is 11.9 Å². The first-order chi connectivity index (χ1) is 3.63. The number of carbonyl (C=O) groups is 2. The van der Waals surface area contributed by atoms with Gasteiger partial charge in [0.15, 0.2) is 0 Å². The molecule has 0 spiro atoms. The Morgan fingerprint density at radius 1 is 1.00 bits per heavy atom. The van der Waals surface area contributed by atoms with Crippen LogP contribution in [0.1, 0.15) is 13.8 Å². The summed E-state index contributed by atoms with van der Waals surface area (Å²) >= 11 is 0. The van der Waals surface area contributed by atoms with Crippen LogP contribution in [-0.4, -0.2) is 11.9 Å². The van der Waals surface area contributed by atoms with Crippen LogP contribution < -0.4 is 0 Å². The van der Waals surface area contributed by atoms with Crippen molar-refractivity contribution in [1.82, 2.24) is 0 Å². The van der Waals surface area contributed by atoms with Crippen LogP contribution in [0.25, 0.3) is 0 Å². The molecule has 0 saturated heterocycles. The Kier molecular flexibility index (Phi) is 7.20. The average molecular weight is 221 g/mol. The van der Waals surface area contributed by atoms with E-state index in [1.54, 1.807) is 0 Å². The minimum absolute atomic E-state index is 0. The molecule has 0 fully saturated rings. The van der Waals surface area contributed by atoms with Crippen LogP contribution in [0.5, 0.6) is 0 Å². The van der Waals surface area contributed by atoms with Gasteiger partial charge in [-0.05, 0) is 0 Å². The van der Waals surface area contributed by atoms with Gasteiger partial charge in [0.2, 0.25) is 0 Å². The van der Waals surface area contributed by atoms with Gasteiger partial charge < -0.3 is 0 Å². The van der Waals surface area contributed by atoms with Crippen molar-refractivity contribution in [3.8, 4) is 0 Å². The maximum absolute atomic E-state index is 9.85. The van der Waals surface area contributed by atoms with Crippen molar-refractivity contribution >= 4 is 11.9 Å². The summed E-state index contributed by atoms with van der Waals surface area (Å²) in [5.74, 6) is -1.28. The van der Waals surface area contributed by atoms with Crippen LogP contribution in [-0.2, 0) is 38.8 Å². The van der Waals surface area contributed by atoms with E-state index in [9.17, 15) is 9.59 Å². The molecule has 0 aliphatic heterocycles. The van der Waals surface area contributed by atoms with Crippen molar-refractivity contribution in [2.24, 2.45) is 0 Å². The molecule has 0 aromatic heterocycles. The van der Waals surface area contributed by atoms with Crippen molar-refractivity contribution in [3.63, 3.8) is 0 Å². The maximum Gasteiger partial charge on any atom is 0.352 e. The molecule has 55 valence electrons. The van der Waals surface area contributed by atoms with Crippen LogP contribution in [0, 0.1) is 0 Å². The summed E-state index contributed by atoms with van der Waals surface area (Å²) in [5, 5.41) is 0. The third-order valence-electron chi connectivity index (χ3n) is 0.276. The first-order valence-corrected chi connectivity index (χ1v) is 1.98. The fourth-order valence-corrected chi connectivity index (χ4v) is 0.117. The molecule has 1 radical (unpaired) electrons. The van der Waals surface area contributed by atoms with E-state index in [0.717, 1.165) is 13.8 Å². The second-order valence-corrected chi connectivity index (χ2v) is 1.15. The van der Waals surface area contributed by atoms with Gasteiger partial charge in [0.05, 0.1) is 0 Å². The molecule has 0 N–H and O–H groups in total. The van der Waals surface area contributed by atoms with Crippen LogP contribution in [0.2, 0.25) is 0 Å². The summed E-state index contributed by atoms with van der Waals surface area (Å²) in [7, 11) is 0. The zero-order valence-electron chi connectivity index (χ0n) is 4.97. The largest absolute Gasteiger partial charge is 0.352 e. The third-order valence-corrected chi connectivity index (χ3v) is 0.276. The molecule has 0 heterocycles. The normalized spacial score (nSPS) is 6.89. The number of carbonyl (C=O) groups excluding carboxylic acids is 2. The van der Waals surface area contributed by atoms with E-state index in [1.807, 2.05) is 0 Å². The first kappa shape index (κ1) is 11.4. The SMILES string of the molecule is CC(=O)OOC(C)=O.[Rh]. The van der Waals surface area contributed by atoms with E-state index >= 15 is 0 Å². The van der Waals surface area contributed by atoms with Crippen LogP contribution in [0.4, 0.5) is 0 Å². The van der Waals surface area contributed by atoms with E-state index in [0.29, 0.717) is 0 Å². The monoisotopic (exact) mass is 221 g/mol. The molecular weight excluding hydrogens is 215 g/mol. The van der Waals surface area contributed by atoms with E-state index in [2.05, 4.69) is 9.78 Å². The topological polar surface area (TPSA) is 52.6 Å². The Hall–Kier alpha value is -0.437. The minimum atomic E-state index is -0.639. The quantitative estimate of drug-likeness (QED) is 0.329. The number of hydrogen-bond donors (Lipinski definition) is 0. The molecule has 9 heavy (non-hydrogen) atoms. The summed E-state index contributed by atoms with van der Waals surface area (Å²) < 4.78 is 0. The molecule has 0 unspecified atom stereocenters. The van der Waals surface area contributed by atoms with Gasteiger partial charge in [-0.25, -0.2) is 19.4 Å². The number of rotatable bonds is 0.